The fourth-order valence-electron chi connectivity index (χ4n) is 6.05. The molecule has 0 bridgehead atoms. The molecule has 0 aromatic rings. The summed E-state index contributed by atoms with van der Waals surface area (Å²) in [7, 11) is 0. The summed E-state index contributed by atoms with van der Waals surface area (Å²) in [6, 6.07) is 0. The van der Waals surface area contributed by atoms with Crippen molar-refractivity contribution in [1.29, 1.82) is 0 Å². The average molecular weight is 433 g/mol. The Labute approximate surface area is 180 Å². The Morgan fingerprint density at radius 3 is 1.97 bits per heavy atom. The molecule has 0 spiro atoms. The number of ether oxygens (including phenoxy) is 1. The van der Waals surface area contributed by atoms with E-state index in [-0.39, 0.29) is 5.92 Å². The van der Waals surface area contributed by atoms with E-state index in [1.54, 1.807) is 0 Å². The van der Waals surface area contributed by atoms with Gasteiger partial charge in [-0.3, -0.25) is 0 Å². The predicted octanol–water partition coefficient (Wildman–Crippen LogP) is 8.39. The Kier molecular flexibility index (Phi) is 9.09. The van der Waals surface area contributed by atoms with E-state index in [1.807, 2.05) is 0 Å². The minimum Gasteiger partial charge on any atom is -0.378 e. The lowest BCUT2D eigenvalue weighted by Crippen LogP contribution is -2.26. The maximum atomic E-state index is 13.2. The lowest BCUT2D eigenvalue weighted by Gasteiger charge is -2.37. The van der Waals surface area contributed by atoms with Crippen LogP contribution in [0.5, 0.6) is 0 Å². The van der Waals surface area contributed by atoms with Crippen molar-refractivity contribution in [2.24, 2.45) is 29.6 Å². The molecule has 0 aliphatic heterocycles. The van der Waals surface area contributed by atoms with Crippen molar-refractivity contribution in [3.05, 3.63) is 11.9 Å². The first-order valence-corrected chi connectivity index (χ1v) is 12.4. The van der Waals surface area contributed by atoms with Gasteiger partial charge in [0.05, 0.1) is 6.10 Å². The van der Waals surface area contributed by atoms with E-state index in [4.69, 9.17) is 4.74 Å². The Hall–Kier alpha value is -0.580. The Morgan fingerprint density at radius 2 is 1.40 bits per heavy atom. The lowest BCUT2D eigenvalue weighted by molar-refractivity contribution is -0.109. The van der Waals surface area contributed by atoms with Gasteiger partial charge in [-0.2, -0.15) is 13.2 Å². The molecule has 5 heteroatoms. The fraction of sp³-hybridized carbons (Fsp3) is 0.920. The number of rotatable bonds is 7. The summed E-state index contributed by atoms with van der Waals surface area (Å²) in [6.45, 7) is 3.24. The normalized spacial score (nSPS) is 36.6. The maximum absolute atomic E-state index is 13.2. The summed E-state index contributed by atoms with van der Waals surface area (Å²) in [4.78, 5) is 0. The Morgan fingerprint density at radius 1 is 0.833 bits per heavy atom. The van der Waals surface area contributed by atoms with E-state index in [9.17, 15) is 17.6 Å². The van der Waals surface area contributed by atoms with E-state index in [1.165, 1.54) is 64.2 Å². The van der Waals surface area contributed by atoms with Crippen LogP contribution in [0.15, 0.2) is 11.9 Å². The molecule has 0 aromatic carbocycles. The molecule has 174 valence electrons. The third-order valence-corrected chi connectivity index (χ3v) is 8.10. The molecule has 0 radical (unpaired) electrons. The quantitative estimate of drug-likeness (QED) is 0.290. The fourth-order valence-corrected chi connectivity index (χ4v) is 6.05. The highest BCUT2D eigenvalue weighted by atomic mass is 19.4. The molecule has 0 unspecified atom stereocenters. The number of hydrogen-bond donors (Lipinski definition) is 0. The molecule has 3 saturated carbocycles. The molecule has 0 N–H and O–H groups in total. The van der Waals surface area contributed by atoms with Crippen LogP contribution in [0.3, 0.4) is 0 Å². The van der Waals surface area contributed by atoms with Crippen LogP contribution >= 0.6 is 0 Å². The summed E-state index contributed by atoms with van der Waals surface area (Å²) < 4.78 is 56.4. The first-order chi connectivity index (χ1) is 14.3. The summed E-state index contributed by atoms with van der Waals surface area (Å²) in [5, 5.41) is 0. The first kappa shape index (κ1) is 24.1. The second kappa shape index (κ2) is 11.3. The van der Waals surface area contributed by atoms with E-state index >= 15 is 0 Å². The number of hydrogen-bond acceptors (Lipinski definition) is 1. The minimum atomic E-state index is -4.82. The van der Waals surface area contributed by atoms with Gasteiger partial charge >= 0.3 is 6.18 Å². The highest BCUT2D eigenvalue weighted by Gasteiger charge is 2.36. The SMILES string of the molecule is CC1CCC(OCCCC2CCC(C3CCC(C=C(F)C(F)(F)F)CC3)CC2)CC1. The van der Waals surface area contributed by atoms with Gasteiger partial charge in [0.25, 0.3) is 0 Å². The van der Waals surface area contributed by atoms with Crippen molar-refractivity contribution in [1.82, 2.24) is 0 Å². The molecule has 0 heterocycles. The molecule has 0 saturated heterocycles. The zero-order chi connectivity index (χ0) is 21.6. The van der Waals surface area contributed by atoms with Crippen molar-refractivity contribution in [2.75, 3.05) is 6.61 Å². The van der Waals surface area contributed by atoms with Gasteiger partial charge in [0.1, 0.15) is 0 Å². The van der Waals surface area contributed by atoms with Crippen LogP contribution in [-0.2, 0) is 4.74 Å². The largest absolute Gasteiger partial charge is 0.442 e. The molecule has 3 rings (SSSR count). The van der Waals surface area contributed by atoms with E-state index in [0.717, 1.165) is 43.3 Å². The first-order valence-electron chi connectivity index (χ1n) is 12.4. The highest BCUT2D eigenvalue weighted by molar-refractivity contribution is 5.03. The van der Waals surface area contributed by atoms with Gasteiger partial charge in [-0.25, -0.2) is 4.39 Å². The third-order valence-electron chi connectivity index (χ3n) is 8.10. The van der Waals surface area contributed by atoms with Crippen molar-refractivity contribution >= 4 is 0 Å². The molecular weight excluding hydrogens is 392 g/mol. The van der Waals surface area contributed by atoms with Crippen molar-refractivity contribution in [3.63, 3.8) is 0 Å². The average Bonchev–Trinajstić information content (AvgIpc) is 2.73. The van der Waals surface area contributed by atoms with Crippen LogP contribution in [-0.4, -0.2) is 18.9 Å². The Bertz CT molecular complexity index is 520. The van der Waals surface area contributed by atoms with Gasteiger partial charge in [0.15, 0.2) is 5.83 Å². The van der Waals surface area contributed by atoms with E-state index in [2.05, 4.69) is 6.92 Å². The third kappa shape index (κ3) is 7.53. The van der Waals surface area contributed by atoms with Gasteiger partial charge in [0, 0.05) is 6.61 Å². The smallest absolute Gasteiger partial charge is 0.378 e. The number of halogens is 4. The van der Waals surface area contributed by atoms with Gasteiger partial charge < -0.3 is 4.74 Å². The predicted molar refractivity (Wildman–Crippen MR) is 113 cm³/mol. The molecular formula is C25H40F4O. The minimum absolute atomic E-state index is 0.244. The second-order valence-electron chi connectivity index (χ2n) is 10.4. The van der Waals surface area contributed by atoms with Crippen molar-refractivity contribution < 1.29 is 22.3 Å². The van der Waals surface area contributed by atoms with Gasteiger partial charge in [-0.05, 0) is 113 Å². The molecule has 3 aliphatic rings. The standard InChI is InChI=1S/C25H40F4O/c1-18-4-14-23(15-5-18)30-16-2-3-19-6-10-21(11-7-19)22-12-8-20(9-13-22)17-24(26)25(27,28)29/h17-23H,2-16H2,1H3. The zero-order valence-electron chi connectivity index (χ0n) is 18.6. The molecule has 1 nitrogen and oxygen atoms in total. The van der Waals surface area contributed by atoms with Crippen LogP contribution < -0.4 is 0 Å². The van der Waals surface area contributed by atoms with Crippen molar-refractivity contribution in [2.45, 2.75) is 109 Å². The van der Waals surface area contributed by atoms with Crippen LogP contribution in [0.4, 0.5) is 17.6 Å². The zero-order valence-corrected chi connectivity index (χ0v) is 18.6. The lowest BCUT2D eigenvalue weighted by atomic mass is 9.68. The van der Waals surface area contributed by atoms with E-state index < -0.39 is 12.0 Å². The molecule has 30 heavy (non-hydrogen) atoms. The number of allylic oxidation sites excluding steroid dienone is 2. The molecule has 3 aliphatic carbocycles. The van der Waals surface area contributed by atoms with Crippen LogP contribution in [0, 0.1) is 29.6 Å². The summed E-state index contributed by atoms with van der Waals surface area (Å²) in [6.07, 6.45) is 12.4. The molecule has 0 amide bonds. The van der Waals surface area contributed by atoms with Crippen LogP contribution in [0.2, 0.25) is 0 Å². The van der Waals surface area contributed by atoms with Gasteiger partial charge in [-0.15, -0.1) is 0 Å². The van der Waals surface area contributed by atoms with Gasteiger partial charge in [0.2, 0.25) is 0 Å². The summed E-state index contributed by atoms with van der Waals surface area (Å²) >= 11 is 0. The van der Waals surface area contributed by atoms with Crippen LogP contribution in [0.1, 0.15) is 96.8 Å². The Balaban J connectivity index is 1.27. The molecule has 0 aromatic heterocycles. The van der Waals surface area contributed by atoms with Crippen LogP contribution in [0.25, 0.3) is 0 Å². The highest BCUT2D eigenvalue weighted by Crippen LogP contribution is 2.43. The molecule has 3 fully saturated rings. The maximum Gasteiger partial charge on any atom is 0.442 e. The number of alkyl halides is 3. The summed E-state index contributed by atoms with van der Waals surface area (Å²) in [5.74, 6) is 0.879. The van der Waals surface area contributed by atoms with Gasteiger partial charge in [-0.1, -0.05) is 19.8 Å². The summed E-state index contributed by atoms with van der Waals surface area (Å²) in [5.41, 5.74) is 0. The monoisotopic (exact) mass is 432 g/mol. The van der Waals surface area contributed by atoms with E-state index in [0.29, 0.717) is 24.9 Å². The second-order valence-corrected chi connectivity index (χ2v) is 10.4. The molecule has 0 atom stereocenters. The topological polar surface area (TPSA) is 9.23 Å². The van der Waals surface area contributed by atoms with Crippen molar-refractivity contribution in [3.8, 4) is 0 Å².